The molecule has 2 rings (SSSR count). The Labute approximate surface area is 86.1 Å². The minimum absolute atomic E-state index is 0.612. The first-order chi connectivity index (χ1) is 6.36. The van der Waals surface area contributed by atoms with E-state index in [2.05, 4.69) is 31.2 Å². The van der Waals surface area contributed by atoms with Crippen LogP contribution >= 0.6 is 15.9 Å². The van der Waals surface area contributed by atoms with Crippen molar-refractivity contribution in [2.75, 3.05) is 13.1 Å². The molecule has 0 bridgehead atoms. The van der Waals surface area contributed by atoms with Gasteiger partial charge in [-0.05, 0) is 47.9 Å². The minimum Gasteiger partial charge on any atom is -0.317 e. The molecule has 0 saturated carbocycles. The Bertz CT molecular complexity index is 284. The Kier molecular flexibility index (Phi) is 2.90. The van der Waals surface area contributed by atoms with E-state index < -0.39 is 0 Å². The largest absolute Gasteiger partial charge is 0.317 e. The van der Waals surface area contributed by atoms with Crippen LogP contribution in [0.1, 0.15) is 24.5 Å². The van der Waals surface area contributed by atoms with Crippen LogP contribution in [0, 0.1) is 0 Å². The van der Waals surface area contributed by atoms with Crippen LogP contribution in [-0.2, 0) is 0 Å². The van der Waals surface area contributed by atoms with Gasteiger partial charge < -0.3 is 5.32 Å². The average Bonchev–Trinajstić information content (AvgIpc) is 2.19. The molecule has 13 heavy (non-hydrogen) atoms. The molecule has 0 atom stereocenters. The highest BCUT2D eigenvalue weighted by Gasteiger charge is 2.16. The molecule has 4 heteroatoms. The fourth-order valence-corrected chi connectivity index (χ4v) is 2.02. The summed E-state index contributed by atoms with van der Waals surface area (Å²) in [7, 11) is 0. The summed E-state index contributed by atoms with van der Waals surface area (Å²) in [4.78, 5) is 8.40. The zero-order chi connectivity index (χ0) is 9.10. The molecule has 0 amide bonds. The second kappa shape index (κ2) is 4.15. The van der Waals surface area contributed by atoms with Gasteiger partial charge in [0.2, 0.25) is 0 Å². The first-order valence-electron chi connectivity index (χ1n) is 4.55. The number of hydrogen-bond acceptors (Lipinski definition) is 3. The van der Waals surface area contributed by atoms with Crippen molar-refractivity contribution in [3.05, 3.63) is 22.7 Å². The summed E-state index contributed by atoms with van der Waals surface area (Å²) < 4.78 is 0.698. The molecule has 1 aliphatic rings. The standard InChI is InChI=1S/C9H12BrN3/c10-9-12-6-3-8(13-9)7-1-4-11-5-2-7/h3,6-7,11H,1-2,4-5H2. The van der Waals surface area contributed by atoms with E-state index in [0.29, 0.717) is 10.7 Å². The van der Waals surface area contributed by atoms with E-state index in [1.54, 1.807) is 0 Å². The van der Waals surface area contributed by atoms with E-state index in [4.69, 9.17) is 0 Å². The first-order valence-corrected chi connectivity index (χ1v) is 5.35. The van der Waals surface area contributed by atoms with E-state index in [9.17, 15) is 0 Å². The maximum atomic E-state index is 4.37. The summed E-state index contributed by atoms with van der Waals surface area (Å²) in [6, 6.07) is 2.01. The van der Waals surface area contributed by atoms with Crippen LogP contribution < -0.4 is 5.32 Å². The van der Waals surface area contributed by atoms with Crippen LogP contribution in [0.4, 0.5) is 0 Å². The van der Waals surface area contributed by atoms with Gasteiger partial charge in [-0.2, -0.15) is 0 Å². The van der Waals surface area contributed by atoms with E-state index in [-0.39, 0.29) is 0 Å². The number of rotatable bonds is 1. The Balaban J connectivity index is 2.14. The van der Waals surface area contributed by atoms with E-state index >= 15 is 0 Å². The van der Waals surface area contributed by atoms with Gasteiger partial charge in [0.25, 0.3) is 0 Å². The van der Waals surface area contributed by atoms with Crippen molar-refractivity contribution in [3.63, 3.8) is 0 Å². The molecular formula is C9H12BrN3. The van der Waals surface area contributed by atoms with Crippen molar-refractivity contribution in [1.29, 1.82) is 0 Å². The lowest BCUT2D eigenvalue weighted by Gasteiger charge is -2.21. The molecule has 0 unspecified atom stereocenters. The molecule has 0 aromatic carbocycles. The highest BCUT2D eigenvalue weighted by Crippen LogP contribution is 2.23. The predicted molar refractivity (Wildman–Crippen MR) is 54.6 cm³/mol. The molecule has 0 radical (unpaired) electrons. The van der Waals surface area contributed by atoms with Gasteiger partial charge in [-0.3, -0.25) is 0 Å². The maximum Gasteiger partial charge on any atom is 0.196 e. The van der Waals surface area contributed by atoms with Crippen LogP contribution in [0.5, 0.6) is 0 Å². The SMILES string of the molecule is Brc1nccc(C2CCNCC2)n1. The summed E-state index contributed by atoms with van der Waals surface area (Å²) in [5, 5.41) is 3.34. The third-order valence-electron chi connectivity index (χ3n) is 2.41. The fraction of sp³-hybridized carbons (Fsp3) is 0.556. The van der Waals surface area contributed by atoms with Crippen LogP contribution in [0.3, 0.4) is 0 Å². The van der Waals surface area contributed by atoms with Gasteiger partial charge in [0.1, 0.15) is 0 Å². The van der Waals surface area contributed by atoms with Crippen molar-refractivity contribution in [3.8, 4) is 0 Å². The lowest BCUT2D eigenvalue weighted by Crippen LogP contribution is -2.27. The molecule has 0 spiro atoms. The molecule has 1 saturated heterocycles. The lowest BCUT2D eigenvalue weighted by molar-refractivity contribution is 0.452. The zero-order valence-electron chi connectivity index (χ0n) is 7.33. The van der Waals surface area contributed by atoms with Crippen molar-refractivity contribution in [1.82, 2.24) is 15.3 Å². The predicted octanol–water partition coefficient (Wildman–Crippen LogP) is 1.71. The summed E-state index contributed by atoms with van der Waals surface area (Å²) in [5.74, 6) is 0.612. The smallest absolute Gasteiger partial charge is 0.196 e. The van der Waals surface area contributed by atoms with Gasteiger partial charge >= 0.3 is 0 Å². The zero-order valence-corrected chi connectivity index (χ0v) is 8.92. The minimum atomic E-state index is 0.612. The number of piperidine rings is 1. The second-order valence-corrected chi connectivity index (χ2v) is 3.98. The highest BCUT2D eigenvalue weighted by molar-refractivity contribution is 9.10. The second-order valence-electron chi connectivity index (χ2n) is 3.27. The summed E-state index contributed by atoms with van der Waals surface area (Å²) in [6.07, 6.45) is 4.18. The van der Waals surface area contributed by atoms with Gasteiger partial charge in [-0.25, -0.2) is 9.97 Å². The van der Waals surface area contributed by atoms with Crippen molar-refractivity contribution >= 4 is 15.9 Å². The number of halogens is 1. The van der Waals surface area contributed by atoms with E-state index in [1.165, 1.54) is 18.5 Å². The Hall–Kier alpha value is -0.480. The fourth-order valence-electron chi connectivity index (χ4n) is 1.69. The molecule has 1 aromatic rings. The van der Waals surface area contributed by atoms with Crippen molar-refractivity contribution in [2.45, 2.75) is 18.8 Å². The first kappa shape index (κ1) is 9.09. The van der Waals surface area contributed by atoms with Crippen LogP contribution in [0.2, 0.25) is 0 Å². The van der Waals surface area contributed by atoms with Crippen LogP contribution in [-0.4, -0.2) is 23.1 Å². The third-order valence-corrected chi connectivity index (χ3v) is 2.79. The number of nitrogens with one attached hydrogen (secondary N) is 1. The molecule has 2 heterocycles. The van der Waals surface area contributed by atoms with Gasteiger partial charge in [0, 0.05) is 17.8 Å². The summed E-state index contributed by atoms with van der Waals surface area (Å²) >= 11 is 3.29. The normalized spacial score (nSPS) is 18.8. The van der Waals surface area contributed by atoms with Crippen LogP contribution in [0.25, 0.3) is 0 Å². The van der Waals surface area contributed by atoms with E-state index in [0.717, 1.165) is 13.1 Å². The molecule has 0 aliphatic carbocycles. The van der Waals surface area contributed by atoms with Gasteiger partial charge in [0.05, 0.1) is 0 Å². The topological polar surface area (TPSA) is 37.8 Å². The highest BCUT2D eigenvalue weighted by atomic mass is 79.9. The summed E-state index contributed by atoms with van der Waals surface area (Å²) in [6.45, 7) is 2.21. The summed E-state index contributed by atoms with van der Waals surface area (Å²) in [5.41, 5.74) is 1.17. The third kappa shape index (κ3) is 2.25. The molecule has 1 aromatic heterocycles. The number of aromatic nitrogens is 2. The van der Waals surface area contributed by atoms with Crippen molar-refractivity contribution in [2.24, 2.45) is 0 Å². The van der Waals surface area contributed by atoms with Gasteiger partial charge in [-0.15, -0.1) is 0 Å². The van der Waals surface area contributed by atoms with Crippen LogP contribution in [0.15, 0.2) is 17.0 Å². The van der Waals surface area contributed by atoms with E-state index in [1.807, 2.05) is 12.3 Å². The van der Waals surface area contributed by atoms with Gasteiger partial charge in [-0.1, -0.05) is 0 Å². The molecule has 1 fully saturated rings. The van der Waals surface area contributed by atoms with Gasteiger partial charge in [0.15, 0.2) is 4.73 Å². The quantitative estimate of drug-likeness (QED) is 0.762. The molecule has 1 N–H and O–H groups in total. The molecule has 3 nitrogen and oxygen atoms in total. The average molecular weight is 242 g/mol. The maximum absolute atomic E-state index is 4.37. The Morgan fingerprint density at radius 1 is 1.38 bits per heavy atom. The number of nitrogens with zero attached hydrogens (tertiary/aromatic N) is 2. The molecule has 70 valence electrons. The van der Waals surface area contributed by atoms with Crippen molar-refractivity contribution < 1.29 is 0 Å². The lowest BCUT2D eigenvalue weighted by atomic mass is 9.95. The Morgan fingerprint density at radius 3 is 2.85 bits per heavy atom. The number of hydrogen-bond donors (Lipinski definition) is 1. The monoisotopic (exact) mass is 241 g/mol. The Morgan fingerprint density at radius 2 is 2.15 bits per heavy atom. The molecular weight excluding hydrogens is 230 g/mol. The molecule has 1 aliphatic heterocycles.